The zero-order chi connectivity index (χ0) is 16.0. The fraction of sp³-hybridized carbons (Fsp3) is 0. The molecule has 0 radical (unpaired) electrons. The lowest BCUT2D eigenvalue weighted by atomic mass is 10.2. The van der Waals surface area contributed by atoms with Gasteiger partial charge in [-0.05, 0) is 36.4 Å². The van der Waals surface area contributed by atoms with Gasteiger partial charge in [0, 0.05) is 24.4 Å². The van der Waals surface area contributed by atoms with Crippen LogP contribution in [0, 0.1) is 0 Å². The van der Waals surface area contributed by atoms with Gasteiger partial charge in [0.15, 0.2) is 0 Å². The summed E-state index contributed by atoms with van der Waals surface area (Å²) < 4.78 is 0. The number of rotatable bonds is 0. The molecule has 0 aromatic heterocycles. The van der Waals surface area contributed by atoms with Gasteiger partial charge in [-0.1, -0.05) is 59.2 Å². The smallest absolute Gasteiger partial charge is 0.215 e. The summed E-state index contributed by atoms with van der Waals surface area (Å²) >= 11 is 14.0. The van der Waals surface area contributed by atoms with Crippen LogP contribution in [0.5, 0.6) is 0 Å². The number of hydrogen-bond acceptors (Lipinski definition) is 2. The van der Waals surface area contributed by atoms with Crippen molar-refractivity contribution < 1.29 is 4.79 Å². The SMILES string of the molecule is O=C1C(Cl)=CC(=S2c3ccccc3Sc3ccccc32)C=C1Cl. The Morgan fingerprint density at radius 2 is 1.26 bits per heavy atom. The maximum Gasteiger partial charge on any atom is 0.215 e. The average Bonchev–Trinajstić information content (AvgIpc) is 2.57. The highest BCUT2D eigenvalue weighted by Gasteiger charge is 2.24. The molecule has 5 heteroatoms. The third kappa shape index (κ3) is 2.62. The second-order valence-corrected chi connectivity index (χ2v) is 8.88. The molecule has 0 unspecified atom stereocenters. The Morgan fingerprint density at radius 1 is 0.783 bits per heavy atom. The van der Waals surface area contributed by atoms with E-state index < -0.39 is 0 Å². The minimum Gasteiger partial charge on any atom is -0.287 e. The number of carbonyl (C=O) groups excluding carboxylic acids is 1. The van der Waals surface area contributed by atoms with E-state index in [1.807, 2.05) is 24.3 Å². The Labute approximate surface area is 150 Å². The fourth-order valence-electron chi connectivity index (χ4n) is 2.55. The van der Waals surface area contributed by atoms with Gasteiger partial charge in [0.25, 0.3) is 0 Å². The first-order chi connectivity index (χ1) is 11.1. The zero-order valence-electron chi connectivity index (χ0n) is 11.8. The van der Waals surface area contributed by atoms with Crippen LogP contribution in [0.15, 0.2) is 90.3 Å². The van der Waals surface area contributed by atoms with E-state index in [-0.39, 0.29) is 26.3 Å². The number of carbonyl (C=O) groups is 1. The van der Waals surface area contributed by atoms with Gasteiger partial charge in [-0.25, -0.2) is 0 Å². The van der Waals surface area contributed by atoms with Crippen LogP contribution in [0.1, 0.15) is 0 Å². The first kappa shape index (κ1) is 15.3. The number of hydrogen-bond donors (Lipinski definition) is 0. The van der Waals surface area contributed by atoms with Crippen molar-refractivity contribution in [2.75, 3.05) is 0 Å². The number of allylic oxidation sites excluding steroid dienone is 4. The van der Waals surface area contributed by atoms with Gasteiger partial charge in [0.05, 0.1) is 10.1 Å². The summed E-state index contributed by atoms with van der Waals surface area (Å²) in [5.41, 5.74) is 0. The van der Waals surface area contributed by atoms with E-state index >= 15 is 0 Å². The normalized spacial score (nSPS) is 17.3. The quantitative estimate of drug-likeness (QED) is 0.458. The molecular weight excluding hydrogens is 367 g/mol. The summed E-state index contributed by atoms with van der Waals surface area (Å²) in [6.45, 7) is 0. The van der Waals surface area contributed by atoms with Gasteiger partial charge >= 0.3 is 0 Å². The molecule has 0 atom stereocenters. The standard InChI is InChI=1S/C18H10Cl2OS2/c19-12-9-11(10-13(20)18(12)21)23-16-7-3-1-5-14(16)22-15-6-2-4-8-17(15)23/h1-10H. The van der Waals surface area contributed by atoms with Crippen molar-refractivity contribution in [2.24, 2.45) is 0 Å². The number of halogens is 2. The van der Waals surface area contributed by atoms with E-state index in [2.05, 4.69) is 24.3 Å². The van der Waals surface area contributed by atoms with Crippen molar-refractivity contribution in [1.82, 2.24) is 0 Å². The minimum atomic E-state index is -0.315. The number of benzene rings is 2. The van der Waals surface area contributed by atoms with Crippen molar-refractivity contribution in [1.29, 1.82) is 0 Å². The molecule has 1 aliphatic heterocycles. The second kappa shape index (κ2) is 5.99. The van der Waals surface area contributed by atoms with E-state index in [1.165, 1.54) is 19.6 Å². The second-order valence-electron chi connectivity index (χ2n) is 5.02. The molecule has 2 aromatic rings. The third-order valence-electron chi connectivity index (χ3n) is 3.57. The fourth-order valence-corrected chi connectivity index (χ4v) is 6.97. The Hall–Kier alpha value is -1.26. The molecule has 2 aliphatic rings. The van der Waals surface area contributed by atoms with Crippen LogP contribution in [-0.2, 0) is 4.79 Å². The lowest BCUT2D eigenvalue weighted by Gasteiger charge is -2.25. The first-order valence-corrected chi connectivity index (χ1v) is 9.71. The van der Waals surface area contributed by atoms with Crippen LogP contribution in [0.3, 0.4) is 0 Å². The molecule has 1 nitrogen and oxygen atoms in total. The van der Waals surface area contributed by atoms with Crippen LogP contribution < -0.4 is 0 Å². The highest BCUT2D eigenvalue weighted by molar-refractivity contribution is 8.18. The highest BCUT2D eigenvalue weighted by atomic mass is 35.5. The summed E-state index contributed by atoms with van der Waals surface area (Å²) in [6.07, 6.45) is 3.50. The van der Waals surface area contributed by atoms with E-state index in [0.29, 0.717) is 0 Å². The van der Waals surface area contributed by atoms with Gasteiger partial charge in [0.1, 0.15) is 0 Å². The van der Waals surface area contributed by atoms with Crippen LogP contribution in [0.25, 0.3) is 0 Å². The highest BCUT2D eigenvalue weighted by Crippen LogP contribution is 2.53. The van der Waals surface area contributed by atoms with E-state index in [1.54, 1.807) is 23.9 Å². The van der Waals surface area contributed by atoms with Crippen molar-refractivity contribution in [3.8, 4) is 0 Å². The Kier molecular flexibility index (Phi) is 3.98. The Bertz CT molecular complexity index is 870. The zero-order valence-corrected chi connectivity index (χ0v) is 14.9. The lowest BCUT2D eigenvalue weighted by Crippen LogP contribution is -2.09. The van der Waals surface area contributed by atoms with Gasteiger partial charge < -0.3 is 0 Å². The summed E-state index contributed by atoms with van der Waals surface area (Å²) in [7, 11) is -0.315. The van der Waals surface area contributed by atoms with Crippen molar-refractivity contribution in [3.63, 3.8) is 0 Å². The summed E-state index contributed by atoms with van der Waals surface area (Å²) in [4.78, 5) is 17.7. The molecule has 0 bridgehead atoms. The Morgan fingerprint density at radius 3 is 1.78 bits per heavy atom. The molecule has 23 heavy (non-hydrogen) atoms. The summed E-state index contributed by atoms with van der Waals surface area (Å²) in [6, 6.07) is 16.7. The molecule has 0 saturated heterocycles. The topological polar surface area (TPSA) is 17.1 Å². The van der Waals surface area contributed by atoms with Crippen molar-refractivity contribution in [3.05, 3.63) is 70.7 Å². The van der Waals surface area contributed by atoms with Gasteiger partial charge in [-0.2, -0.15) is 0 Å². The molecule has 1 heterocycles. The first-order valence-electron chi connectivity index (χ1n) is 6.91. The van der Waals surface area contributed by atoms with Crippen LogP contribution in [-0.4, -0.2) is 10.6 Å². The van der Waals surface area contributed by atoms with E-state index in [9.17, 15) is 4.79 Å². The number of ketones is 1. The van der Waals surface area contributed by atoms with Crippen LogP contribution in [0.2, 0.25) is 0 Å². The molecule has 114 valence electrons. The molecule has 0 spiro atoms. The monoisotopic (exact) mass is 376 g/mol. The molecule has 0 fully saturated rings. The minimum absolute atomic E-state index is 0.174. The van der Waals surface area contributed by atoms with Crippen LogP contribution in [0.4, 0.5) is 0 Å². The number of fused-ring (bicyclic) bond motifs is 2. The predicted molar refractivity (Wildman–Crippen MR) is 99.0 cm³/mol. The van der Waals surface area contributed by atoms with Gasteiger partial charge in [0.2, 0.25) is 5.78 Å². The largest absolute Gasteiger partial charge is 0.287 e. The van der Waals surface area contributed by atoms with Crippen molar-refractivity contribution >= 4 is 56.1 Å². The maximum absolute atomic E-state index is 11.8. The number of Topliss-reactive ketones (excluding diaryl/α,β-unsaturated/α-hetero) is 1. The van der Waals surface area contributed by atoms with Crippen molar-refractivity contribution in [2.45, 2.75) is 19.6 Å². The average molecular weight is 377 g/mol. The third-order valence-corrected chi connectivity index (χ3v) is 7.84. The Balaban J connectivity index is 2.06. The summed E-state index contributed by atoms with van der Waals surface area (Å²) in [5, 5.41) is 0.348. The predicted octanol–water partition coefficient (Wildman–Crippen LogP) is 5.84. The molecular formula is C18H10Cl2OS2. The molecule has 0 N–H and O–H groups in total. The molecule has 4 rings (SSSR count). The summed E-state index contributed by atoms with van der Waals surface area (Å²) in [5.74, 6) is -0.311. The molecule has 0 amide bonds. The van der Waals surface area contributed by atoms with Crippen LogP contribution >= 0.6 is 45.4 Å². The molecule has 0 saturated carbocycles. The van der Waals surface area contributed by atoms with Gasteiger partial charge in [-0.15, -0.1) is 10.5 Å². The molecule has 1 aliphatic carbocycles. The van der Waals surface area contributed by atoms with E-state index in [0.717, 1.165) is 4.86 Å². The lowest BCUT2D eigenvalue weighted by molar-refractivity contribution is -0.111. The maximum atomic E-state index is 11.8. The molecule has 2 aromatic carbocycles. The van der Waals surface area contributed by atoms with E-state index in [4.69, 9.17) is 23.2 Å². The van der Waals surface area contributed by atoms with Gasteiger partial charge in [-0.3, -0.25) is 4.79 Å².